The molecule has 1 aliphatic carbocycles. The molecule has 1 saturated carbocycles. The van der Waals surface area contributed by atoms with Gasteiger partial charge in [0.25, 0.3) is 0 Å². The first-order valence-corrected chi connectivity index (χ1v) is 8.30. The summed E-state index contributed by atoms with van der Waals surface area (Å²) in [4.78, 5) is 14.8. The second-order valence-electron chi connectivity index (χ2n) is 6.62. The lowest BCUT2D eigenvalue weighted by Crippen LogP contribution is -2.38. The summed E-state index contributed by atoms with van der Waals surface area (Å²) < 4.78 is 18.5. The molecule has 2 aromatic rings. The molecule has 0 spiro atoms. The van der Waals surface area contributed by atoms with Crippen LogP contribution in [0.1, 0.15) is 36.5 Å². The molecule has 4 rings (SSSR count). The number of hydrogen-bond donors (Lipinski definition) is 0. The molecule has 1 aromatic carbocycles. The van der Waals surface area contributed by atoms with Crippen LogP contribution in [0.2, 0.25) is 0 Å². The molecule has 4 heteroatoms. The van der Waals surface area contributed by atoms with E-state index in [0.717, 1.165) is 43.6 Å². The predicted octanol–water partition coefficient (Wildman–Crippen LogP) is 3.76. The lowest BCUT2D eigenvalue weighted by Gasteiger charge is -2.25. The van der Waals surface area contributed by atoms with Crippen molar-refractivity contribution in [2.75, 3.05) is 6.54 Å². The van der Waals surface area contributed by atoms with Gasteiger partial charge in [0.2, 0.25) is 5.91 Å². The highest BCUT2D eigenvalue weighted by atomic mass is 19.1. The number of halogens is 1. The van der Waals surface area contributed by atoms with Crippen molar-refractivity contribution in [3.05, 3.63) is 59.8 Å². The summed E-state index contributed by atoms with van der Waals surface area (Å²) in [5.41, 5.74) is 1.09. The van der Waals surface area contributed by atoms with Gasteiger partial charge in [-0.05, 0) is 55.5 Å². The van der Waals surface area contributed by atoms with Gasteiger partial charge in [-0.15, -0.1) is 0 Å². The number of carbonyl (C=O) groups excluding carboxylic acids is 1. The fourth-order valence-electron chi connectivity index (χ4n) is 3.73. The van der Waals surface area contributed by atoms with Crippen LogP contribution in [0.3, 0.4) is 0 Å². The van der Waals surface area contributed by atoms with Gasteiger partial charge in [0.1, 0.15) is 11.6 Å². The Morgan fingerprint density at radius 3 is 2.83 bits per heavy atom. The fraction of sp³-hybridized carbons (Fsp3) is 0.421. The predicted molar refractivity (Wildman–Crippen MR) is 84.4 cm³/mol. The van der Waals surface area contributed by atoms with E-state index in [1.165, 1.54) is 12.1 Å². The number of nitrogens with zero attached hydrogens (tertiary/aromatic N) is 1. The third kappa shape index (κ3) is 2.90. The van der Waals surface area contributed by atoms with Gasteiger partial charge in [-0.3, -0.25) is 4.79 Å². The zero-order valence-corrected chi connectivity index (χ0v) is 13.0. The Labute approximate surface area is 135 Å². The number of benzene rings is 1. The number of amides is 1. The van der Waals surface area contributed by atoms with Crippen LogP contribution in [0.15, 0.2) is 47.1 Å². The summed E-state index contributed by atoms with van der Waals surface area (Å²) in [6.45, 7) is 0.839. The van der Waals surface area contributed by atoms with Crippen LogP contribution < -0.4 is 0 Å². The third-order valence-corrected chi connectivity index (χ3v) is 5.06. The van der Waals surface area contributed by atoms with E-state index in [2.05, 4.69) is 0 Å². The van der Waals surface area contributed by atoms with Gasteiger partial charge in [-0.25, -0.2) is 4.39 Å². The quantitative estimate of drug-likeness (QED) is 0.861. The molecule has 3 nitrogen and oxygen atoms in total. The van der Waals surface area contributed by atoms with E-state index in [9.17, 15) is 9.18 Å². The van der Waals surface area contributed by atoms with Crippen LogP contribution in [-0.2, 0) is 11.2 Å². The van der Waals surface area contributed by atoms with E-state index in [0.29, 0.717) is 0 Å². The summed E-state index contributed by atoms with van der Waals surface area (Å²) >= 11 is 0. The minimum Gasteiger partial charge on any atom is -0.469 e. The van der Waals surface area contributed by atoms with Crippen LogP contribution in [0.25, 0.3) is 0 Å². The zero-order chi connectivity index (χ0) is 15.8. The summed E-state index contributed by atoms with van der Waals surface area (Å²) in [5, 5.41) is 0. The molecular formula is C19H20FNO2. The van der Waals surface area contributed by atoms with E-state index in [-0.39, 0.29) is 29.6 Å². The van der Waals surface area contributed by atoms with Gasteiger partial charge in [-0.2, -0.15) is 0 Å². The van der Waals surface area contributed by atoms with Gasteiger partial charge >= 0.3 is 0 Å². The molecule has 0 unspecified atom stereocenters. The Morgan fingerprint density at radius 1 is 1.26 bits per heavy atom. The maximum Gasteiger partial charge on any atom is 0.226 e. The highest BCUT2D eigenvalue weighted by Crippen LogP contribution is 2.49. The Morgan fingerprint density at radius 2 is 2.09 bits per heavy atom. The van der Waals surface area contributed by atoms with Crippen LogP contribution in [0.5, 0.6) is 0 Å². The van der Waals surface area contributed by atoms with E-state index < -0.39 is 0 Å². The molecule has 1 saturated heterocycles. The highest BCUT2D eigenvalue weighted by molar-refractivity contribution is 5.83. The summed E-state index contributed by atoms with van der Waals surface area (Å²) in [5.74, 6) is 1.31. The van der Waals surface area contributed by atoms with Crippen molar-refractivity contribution in [2.24, 2.45) is 5.92 Å². The van der Waals surface area contributed by atoms with E-state index >= 15 is 0 Å². The zero-order valence-electron chi connectivity index (χ0n) is 13.0. The summed E-state index contributed by atoms with van der Waals surface area (Å²) in [6, 6.07) is 10.7. The fourth-order valence-corrected chi connectivity index (χ4v) is 3.73. The molecule has 23 heavy (non-hydrogen) atoms. The maximum atomic E-state index is 13.0. The molecule has 2 fully saturated rings. The van der Waals surface area contributed by atoms with E-state index in [4.69, 9.17) is 4.42 Å². The molecule has 120 valence electrons. The monoisotopic (exact) mass is 313 g/mol. The van der Waals surface area contributed by atoms with E-state index in [1.54, 1.807) is 6.26 Å². The Bertz CT molecular complexity index is 680. The molecular weight excluding hydrogens is 293 g/mol. The number of hydrogen-bond acceptors (Lipinski definition) is 2. The van der Waals surface area contributed by atoms with Gasteiger partial charge in [-0.1, -0.05) is 12.1 Å². The first-order valence-electron chi connectivity index (χ1n) is 8.30. The number of furan rings is 1. The van der Waals surface area contributed by atoms with Gasteiger partial charge in [0.15, 0.2) is 0 Å². The first kappa shape index (κ1) is 14.5. The lowest BCUT2D eigenvalue weighted by molar-refractivity contribution is -0.133. The van der Waals surface area contributed by atoms with Crippen molar-refractivity contribution >= 4 is 5.91 Å². The van der Waals surface area contributed by atoms with Crippen molar-refractivity contribution in [1.29, 1.82) is 0 Å². The van der Waals surface area contributed by atoms with Crippen LogP contribution >= 0.6 is 0 Å². The second kappa shape index (κ2) is 5.84. The Kier molecular flexibility index (Phi) is 3.68. The molecule has 1 amide bonds. The van der Waals surface area contributed by atoms with Crippen molar-refractivity contribution in [3.63, 3.8) is 0 Å². The number of likely N-dealkylation sites (tertiary alicyclic amines) is 1. The van der Waals surface area contributed by atoms with Crippen LogP contribution in [0.4, 0.5) is 4.39 Å². The third-order valence-electron chi connectivity index (χ3n) is 5.06. The Balaban J connectivity index is 1.41. The van der Waals surface area contributed by atoms with Gasteiger partial charge in [0, 0.05) is 24.4 Å². The molecule has 2 aliphatic rings. The molecule has 3 atom stereocenters. The minimum atomic E-state index is -0.215. The largest absolute Gasteiger partial charge is 0.469 e. The summed E-state index contributed by atoms with van der Waals surface area (Å²) in [6.07, 6.45) is 5.45. The lowest BCUT2D eigenvalue weighted by atomic mass is 10.0. The topological polar surface area (TPSA) is 33.5 Å². The highest BCUT2D eigenvalue weighted by Gasteiger charge is 2.49. The van der Waals surface area contributed by atoms with Crippen LogP contribution in [0, 0.1) is 11.7 Å². The SMILES string of the molecule is O=C([C@@H]1C[C@H]1c1ccco1)N1CCC[C@@H]1Cc1ccc(F)cc1. The normalized spacial score (nSPS) is 26.5. The molecule has 0 radical (unpaired) electrons. The average molecular weight is 313 g/mol. The Hall–Kier alpha value is -2.10. The van der Waals surface area contributed by atoms with Crippen LogP contribution in [-0.4, -0.2) is 23.4 Å². The second-order valence-corrected chi connectivity index (χ2v) is 6.62. The average Bonchev–Trinajstić information content (AvgIpc) is 2.98. The standard InChI is InChI=1S/C19H20FNO2/c20-14-7-5-13(6-8-14)11-15-3-1-9-21(15)19(22)17-12-16(17)18-4-2-10-23-18/h2,4-8,10,15-17H,1,3,9,11-12H2/t15-,16-,17-/m1/s1. The molecule has 2 heterocycles. The molecule has 1 aromatic heterocycles. The van der Waals surface area contributed by atoms with E-state index in [1.807, 2.05) is 29.2 Å². The number of rotatable bonds is 4. The maximum absolute atomic E-state index is 13.0. The van der Waals surface area contributed by atoms with Crippen molar-refractivity contribution < 1.29 is 13.6 Å². The molecule has 0 bridgehead atoms. The van der Waals surface area contributed by atoms with Gasteiger partial charge < -0.3 is 9.32 Å². The van der Waals surface area contributed by atoms with Crippen molar-refractivity contribution in [3.8, 4) is 0 Å². The van der Waals surface area contributed by atoms with Crippen molar-refractivity contribution in [1.82, 2.24) is 4.90 Å². The van der Waals surface area contributed by atoms with Gasteiger partial charge in [0.05, 0.1) is 6.26 Å². The smallest absolute Gasteiger partial charge is 0.226 e. The number of carbonyl (C=O) groups is 1. The summed E-state index contributed by atoms with van der Waals surface area (Å²) in [7, 11) is 0. The molecule has 1 aliphatic heterocycles. The van der Waals surface area contributed by atoms with Crippen molar-refractivity contribution in [2.45, 2.75) is 37.6 Å². The first-order chi connectivity index (χ1) is 11.2. The minimum absolute atomic E-state index is 0.0787. The molecule has 0 N–H and O–H groups in total.